The van der Waals surface area contributed by atoms with Gasteiger partial charge >= 0.3 is 6.18 Å². The Kier molecular flexibility index (Phi) is 3.81. The van der Waals surface area contributed by atoms with Crippen LogP contribution in [0.2, 0.25) is 0 Å². The van der Waals surface area contributed by atoms with Crippen LogP contribution in [0, 0.1) is 23.2 Å². The zero-order chi connectivity index (χ0) is 16.9. The highest BCUT2D eigenvalue weighted by molar-refractivity contribution is 7.80. The minimum atomic E-state index is -4.57. The molecule has 0 N–H and O–H groups in total. The number of nitriles is 1. The van der Waals surface area contributed by atoms with Gasteiger partial charge in [0.1, 0.15) is 5.54 Å². The number of thiocarbonyl (C=S) groups is 1. The van der Waals surface area contributed by atoms with E-state index in [9.17, 15) is 18.0 Å². The van der Waals surface area contributed by atoms with Crippen LogP contribution in [0.25, 0.3) is 0 Å². The minimum Gasteiger partial charge on any atom is -0.337 e. The Balaban J connectivity index is 2.44. The average molecular weight is 329 g/mol. The molecular formula is C14H14F3N3OS. The Morgan fingerprint density at radius 1 is 1.41 bits per heavy atom. The number of carbonyl (C=O) groups excluding carboxylic acids is 1. The molecule has 8 heteroatoms. The summed E-state index contributed by atoms with van der Waals surface area (Å²) in [6, 6.07) is 1.62. The van der Waals surface area contributed by atoms with Gasteiger partial charge in [0.15, 0.2) is 5.11 Å². The van der Waals surface area contributed by atoms with Gasteiger partial charge in [0, 0.05) is 12.7 Å². The minimum absolute atomic E-state index is 0.0567. The van der Waals surface area contributed by atoms with E-state index in [0.717, 1.165) is 17.1 Å². The first-order chi connectivity index (χ1) is 10.0. The van der Waals surface area contributed by atoms with Crippen molar-refractivity contribution in [2.45, 2.75) is 25.6 Å². The predicted molar refractivity (Wildman–Crippen MR) is 77.2 cm³/mol. The van der Waals surface area contributed by atoms with Gasteiger partial charge in [0.25, 0.3) is 5.91 Å². The predicted octanol–water partition coefficient (Wildman–Crippen LogP) is 2.60. The summed E-state index contributed by atoms with van der Waals surface area (Å²) in [5.41, 5.74) is -0.868. The molecule has 1 heterocycles. The van der Waals surface area contributed by atoms with E-state index in [1.54, 1.807) is 31.9 Å². The van der Waals surface area contributed by atoms with E-state index in [-0.39, 0.29) is 10.8 Å². The number of likely N-dealkylation sites (N-methyl/N-ethyl adjacent to an activating group) is 1. The fraction of sp³-hybridized carbons (Fsp3) is 0.500. The molecule has 1 fully saturated rings. The number of carbonyl (C=O) groups is 1. The lowest BCUT2D eigenvalue weighted by Gasteiger charge is -2.27. The summed E-state index contributed by atoms with van der Waals surface area (Å²) in [4.78, 5) is 15.1. The van der Waals surface area contributed by atoms with Gasteiger partial charge in [-0.15, -0.1) is 0 Å². The lowest BCUT2D eigenvalue weighted by Crippen LogP contribution is -2.41. The third kappa shape index (κ3) is 2.39. The van der Waals surface area contributed by atoms with Crippen molar-refractivity contribution in [2.75, 3.05) is 7.05 Å². The van der Waals surface area contributed by atoms with Crippen LogP contribution in [-0.2, 0) is 4.79 Å². The fourth-order valence-electron chi connectivity index (χ4n) is 2.36. The van der Waals surface area contributed by atoms with Gasteiger partial charge in [-0.3, -0.25) is 9.69 Å². The molecule has 2 unspecified atom stereocenters. The second-order valence-corrected chi connectivity index (χ2v) is 6.08. The highest BCUT2D eigenvalue weighted by Gasteiger charge is 2.50. The van der Waals surface area contributed by atoms with Crippen molar-refractivity contribution in [3.8, 4) is 6.07 Å². The SMILES string of the molecule is CN1C(=S)N(C2=CC(C(F)(F)F)C(C#N)C=C2)C(=O)C1(C)C. The number of rotatable bonds is 1. The van der Waals surface area contributed by atoms with Crippen LogP contribution in [0.15, 0.2) is 23.9 Å². The molecule has 1 aliphatic heterocycles. The molecule has 0 saturated carbocycles. The number of hydrogen-bond donors (Lipinski definition) is 0. The highest BCUT2D eigenvalue weighted by Crippen LogP contribution is 2.39. The molecule has 0 aromatic rings. The van der Waals surface area contributed by atoms with Crippen molar-refractivity contribution in [3.63, 3.8) is 0 Å². The lowest BCUT2D eigenvalue weighted by molar-refractivity contribution is -0.166. The molecule has 22 heavy (non-hydrogen) atoms. The Labute approximate surface area is 131 Å². The van der Waals surface area contributed by atoms with E-state index in [1.807, 2.05) is 0 Å². The van der Waals surface area contributed by atoms with Gasteiger partial charge in [-0.25, -0.2) is 0 Å². The van der Waals surface area contributed by atoms with Crippen LogP contribution in [-0.4, -0.2) is 39.6 Å². The molecule has 0 radical (unpaired) electrons. The molecule has 0 spiro atoms. The van der Waals surface area contributed by atoms with Crippen molar-refractivity contribution in [1.29, 1.82) is 5.26 Å². The summed E-state index contributed by atoms with van der Waals surface area (Å²) < 4.78 is 39.3. The molecule has 2 atom stereocenters. The van der Waals surface area contributed by atoms with Crippen LogP contribution in [0.3, 0.4) is 0 Å². The summed E-state index contributed by atoms with van der Waals surface area (Å²) >= 11 is 5.17. The molecule has 2 rings (SSSR count). The Hall–Kier alpha value is -1.88. The third-order valence-corrected chi connectivity index (χ3v) is 4.50. The van der Waals surface area contributed by atoms with Crippen LogP contribution in [0.1, 0.15) is 13.8 Å². The maximum atomic E-state index is 13.1. The zero-order valence-electron chi connectivity index (χ0n) is 12.2. The van der Waals surface area contributed by atoms with Gasteiger partial charge in [-0.2, -0.15) is 18.4 Å². The average Bonchev–Trinajstić information content (AvgIpc) is 2.58. The van der Waals surface area contributed by atoms with Crippen LogP contribution < -0.4 is 0 Å². The first kappa shape index (κ1) is 16.5. The first-order valence-electron chi connectivity index (χ1n) is 6.50. The molecule has 0 bridgehead atoms. The Morgan fingerprint density at radius 3 is 2.41 bits per heavy atom. The second-order valence-electron chi connectivity index (χ2n) is 5.71. The maximum absolute atomic E-state index is 13.1. The largest absolute Gasteiger partial charge is 0.396 e. The van der Waals surface area contributed by atoms with E-state index in [2.05, 4.69) is 0 Å². The lowest BCUT2D eigenvalue weighted by atomic mass is 9.87. The van der Waals surface area contributed by atoms with E-state index < -0.39 is 29.5 Å². The van der Waals surface area contributed by atoms with E-state index in [4.69, 9.17) is 17.5 Å². The van der Waals surface area contributed by atoms with Crippen molar-refractivity contribution in [3.05, 3.63) is 23.9 Å². The van der Waals surface area contributed by atoms with Crippen molar-refractivity contribution in [1.82, 2.24) is 9.80 Å². The normalized spacial score (nSPS) is 28.0. The first-order valence-corrected chi connectivity index (χ1v) is 6.91. The monoisotopic (exact) mass is 329 g/mol. The van der Waals surface area contributed by atoms with Gasteiger partial charge in [-0.1, -0.05) is 6.08 Å². The molecular weight excluding hydrogens is 315 g/mol. The molecule has 118 valence electrons. The van der Waals surface area contributed by atoms with Crippen LogP contribution in [0.5, 0.6) is 0 Å². The zero-order valence-corrected chi connectivity index (χ0v) is 13.0. The Morgan fingerprint density at radius 2 is 2.00 bits per heavy atom. The van der Waals surface area contributed by atoms with Crippen LogP contribution in [0.4, 0.5) is 13.2 Å². The van der Waals surface area contributed by atoms with Crippen LogP contribution >= 0.6 is 12.2 Å². The molecule has 0 aromatic heterocycles. The van der Waals surface area contributed by atoms with E-state index in [0.29, 0.717) is 0 Å². The Bertz CT molecular complexity index is 630. The molecule has 1 aliphatic carbocycles. The highest BCUT2D eigenvalue weighted by atomic mass is 32.1. The molecule has 0 aromatic carbocycles. The number of halogens is 3. The van der Waals surface area contributed by atoms with Gasteiger partial charge in [-0.05, 0) is 38.2 Å². The molecule has 4 nitrogen and oxygen atoms in total. The summed E-state index contributed by atoms with van der Waals surface area (Å²) in [7, 11) is 1.62. The quantitative estimate of drug-likeness (QED) is 0.694. The summed E-state index contributed by atoms with van der Waals surface area (Å²) in [5.74, 6) is -3.66. The standard InChI is InChI=1S/C14H14F3N3OS/c1-13(2)11(21)20(12(22)19(13)3)9-5-4-8(7-18)10(6-9)14(15,16)17/h4-6,8,10H,1-3H3. The van der Waals surface area contributed by atoms with Crippen molar-refractivity contribution in [2.24, 2.45) is 11.8 Å². The van der Waals surface area contributed by atoms with E-state index in [1.165, 1.54) is 6.08 Å². The molecule has 1 amide bonds. The maximum Gasteiger partial charge on any atom is 0.396 e. The van der Waals surface area contributed by atoms with Crippen molar-refractivity contribution >= 4 is 23.2 Å². The fourth-order valence-corrected chi connectivity index (χ4v) is 2.77. The number of allylic oxidation sites excluding steroid dienone is 3. The third-order valence-electron chi connectivity index (χ3n) is 4.04. The summed E-state index contributed by atoms with van der Waals surface area (Å²) in [6.07, 6.45) is -1.17. The van der Waals surface area contributed by atoms with E-state index >= 15 is 0 Å². The van der Waals surface area contributed by atoms with Gasteiger partial charge < -0.3 is 4.90 Å². The molecule has 1 saturated heterocycles. The van der Waals surface area contributed by atoms with Crippen molar-refractivity contribution < 1.29 is 18.0 Å². The smallest absolute Gasteiger partial charge is 0.337 e. The second kappa shape index (κ2) is 5.09. The summed E-state index contributed by atoms with van der Waals surface area (Å²) in [5, 5.41) is 9.00. The summed E-state index contributed by atoms with van der Waals surface area (Å²) in [6.45, 7) is 3.29. The number of hydrogen-bond acceptors (Lipinski definition) is 3. The number of alkyl halides is 3. The van der Waals surface area contributed by atoms with Gasteiger partial charge in [0.05, 0.1) is 17.9 Å². The van der Waals surface area contributed by atoms with Gasteiger partial charge in [0.2, 0.25) is 0 Å². The topological polar surface area (TPSA) is 47.3 Å². The number of amides is 1. The molecule has 2 aliphatic rings. The number of nitrogens with zero attached hydrogens (tertiary/aromatic N) is 3.